The minimum atomic E-state index is 0.0136. The first-order valence-electron chi connectivity index (χ1n) is 8.71. The van der Waals surface area contributed by atoms with Crippen LogP contribution >= 0.6 is 0 Å². The summed E-state index contributed by atoms with van der Waals surface area (Å²) in [5.41, 5.74) is 4.80. The smallest absolute Gasteiger partial charge is 0.226 e. The van der Waals surface area contributed by atoms with Gasteiger partial charge in [-0.15, -0.1) is 0 Å². The molecule has 5 aliphatic rings. The average Bonchev–Trinajstić information content (AvgIpc) is 3.13. The van der Waals surface area contributed by atoms with Crippen LogP contribution in [-0.4, -0.2) is 51.2 Å². The van der Waals surface area contributed by atoms with Gasteiger partial charge in [-0.05, 0) is 19.3 Å². The Hall–Kier alpha value is -2.85. The summed E-state index contributed by atoms with van der Waals surface area (Å²) in [7, 11) is 0. The van der Waals surface area contributed by atoms with E-state index in [1.165, 1.54) is 0 Å². The van der Waals surface area contributed by atoms with E-state index in [1.807, 2.05) is 23.1 Å². The van der Waals surface area contributed by atoms with Crippen molar-refractivity contribution in [2.75, 3.05) is 19.8 Å². The largest absolute Gasteiger partial charge is 0.493 e. The number of amides is 1. The predicted octanol–water partition coefficient (Wildman–Crippen LogP) is 2.18. The zero-order valence-corrected chi connectivity index (χ0v) is 14.1. The first-order valence-corrected chi connectivity index (χ1v) is 8.71. The Morgan fingerprint density at radius 3 is 3.00 bits per heavy atom. The van der Waals surface area contributed by atoms with E-state index in [0.717, 1.165) is 53.5 Å². The van der Waals surface area contributed by atoms with Crippen molar-refractivity contribution in [1.29, 1.82) is 0 Å². The molecule has 4 aliphatic heterocycles. The fourth-order valence-electron chi connectivity index (χ4n) is 4.32. The number of fused-ring (bicyclic) bond motifs is 6. The molecule has 0 aromatic heterocycles. The zero-order valence-electron chi connectivity index (χ0n) is 14.1. The van der Waals surface area contributed by atoms with Crippen LogP contribution in [0.15, 0.2) is 57.5 Å². The summed E-state index contributed by atoms with van der Waals surface area (Å²) in [4.78, 5) is 22.9. The highest BCUT2D eigenvalue weighted by Gasteiger charge is 2.45. The van der Waals surface area contributed by atoms with Crippen molar-refractivity contribution in [3.8, 4) is 0 Å². The molecule has 4 heterocycles. The van der Waals surface area contributed by atoms with Gasteiger partial charge in [-0.25, -0.2) is 4.99 Å². The van der Waals surface area contributed by atoms with Crippen LogP contribution in [0, 0.1) is 6.08 Å². The van der Waals surface area contributed by atoms with Crippen LogP contribution in [0.4, 0.5) is 0 Å². The number of aliphatic hydroxyl groups excluding tert-OH is 1. The van der Waals surface area contributed by atoms with Gasteiger partial charge in [0.1, 0.15) is 29.9 Å². The highest BCUT2D eigenvalue weighted by molar-refractivity contribution is 6.17. The van der Waals surface area contributed by atoms with E-state index in [0.29, 0.717) is 25.5 Å². The van der Waals surface area contributed by atoms with Crippen LogP contribution in [0.5, 0.6) is 0 Å². The summed E-state index contributed by atoms with van der Waals surface area (Å²) in [5.74, 6) is 1.41. The van der Waals surface area contributed by atoms with E-state index < -0.39 is 0 Å². The molecule has 1 N–H and O–H groups in total. The number of aliphatic imine (C=N–C) groups is 1. The fourth-order valence-corrected chi connectivity index (χ4v) is 4.32. The van der Waals surface area contributed by atoms with Crippen LogP contribution in [0.2, 0.25) is 0 Å². The van der Waals surface area contributed by atoms with Crippen molar-refractivity contribution in [3.05, 3.63) is 58.5 Å². The van der Waals surface area contributed by atoms with Gasteiger partial charge in [-0.3, -0.25) is 14.6 Å². The highest BCUT2D eigenvalue weighted by Crippen LogP contribution is 2.43. The maximum absolute atomic E-state index is 12.2. The molecule has 2 fully saturated rings. The molecular formula is C19H19N4O2+. The predicted molar refractivity (Wildman–Crippen MR) is 92.7 cm³/mol. The molecule has 0 radical (unpaired) electrons. The summed E-state index contributed by atoms with van der Waals surface area (Å²) in [6.07, 6.45) is 11.7. The molecule has 1 amide bonds. The molecular weight excluding hydrogens is 316 g/mol. The molecule has 25 heavy (non-hydrogen) atoms. The standard InChI is InChI=1S/C19H18N4O2/c1-12(24)21-10-8-14-17(13-5-2-3-6-15(13)21)20-11-23-18(14)22-9-4-7-16(22)19(23)25/h2-3,5H,4,7-11H2,1H3/p+1. The third-order valence-corrected chi connectivity index (χ3v) is 5.40. The molecule has 0 spiro atoms. The molecule has 0 aromatic carbocycles. The van der Waals surface area contributed by atoms with Gasteiger partial charge in [0.2, 0.25) is 17.5 Å². The second-order valence-electron chi connectivity index (χ2n) is 6.76. The van der Waals surface area contributed by atoms with Crippen molar-refractivity contribution < 1.29 is 9.90 Å². The SMILES string of the molecule is CC(=O)N1CCC2=C3N(CN=C2C2=CC=C[C+]=C21)C(O)=C1CCCN13. The van der Waals surface area contributed by atoms with E-state index in [1.54, 1.807) is 11.8 Å². The molecule has 1 aliphatic carbocycles. The van der Waals surface area contributed by atoms with Gasteiger partial charge in [-0.2, -0.15) is 0 Å². The zero-order chi connectivity index (χ0) is 17.1. The Bertz CT molecular complexity index is 872. The third kappa shape index (κ3) is 1.88. The number of aliphatic hydroxyl groups is 1. The fraction of sp³-hybridized carbons (Fsp3) is 0.368. The number of hydrogen-bond acceptors (Lipinski definition) is 5. The van der Waals surface area contributed by atoms with Gasteiger partial charge >= 0.3 is 0 Å². The van der Waals surface area contributed by atoms with Gasteiger partial charge in [0, 0.05) is 31.7 Å². The number of nitrogens with zero attached hydrogens (tertiary/aromatic N) is 4. The van der Waals surface area contributed by atoms with Gasteiger partial charge < -0.3 is 10.0 Å². The molecule has 0 unspecified atom stereocenters. The Morgan fingerprint density at radius 2 is 2.16 bits per heavy atom. The van der Waals surface area contributed by atoms with E-state index in [2.05, 4.69) is 11.0 Å². The van der Waals surface area contributed by atoms with Crippen LogP contribution in [-0.2, 0) is 4.79 Å². The molecule has 6 nitrogen and oxygen atoms in total. The van der Waals surface area contributed by atoms with E-state index in [9.17, 15) is 9.90 Å². The lowest BCUT2D eigenvalue weighted by Gasteiger charge is -2.29. The first kappa shape index (κ1) is 14.5. The number of rotatable bonds is 0. The van der Waals surface area contributed by atoms with Crippen LogP contribution in [0.3, 0.4) is 0 Å². The molecule has 0 atom stereocenters. The summed E-state index contributed by atoms with van der Waals surface area (Å²) >= 11 is 0. The maximum atomic E-state index is 12.2. The monoisotopic (exact) mass is 335 g/mol. The summed E-state index contributed by atoms with van der Waals surface area (Å²) < 4.78 is 0. The second kappa shape index (κ2) is 5.07. The van der Waals surface area contributed by atoms with Crippen molar-refractivity contribution in [2.45, 2.75) is 26.2 Å². The van der Waals surface area contributed by atoms with Crippen molar-refractivity contribution >= 4 is 11.6 Å². The first-order chi connectivity index (χ1) is 12.2. The highest BCUT2D eigenvalue weighted by atomic mass is 16.3. The van der Waals surface area contributed by atoms with Crippen molar-refractivity contribution in [1.82, 2.24) is 14.7 Å². The number of carbonyl (C=O) groups excluding carboxylic acids is 1. The summed E-state index contributed by atoms with van der Waals surface area (Å²) in [6, 6.07) is 0. The lowest BCUT2D eigenvalue weighted by Crippen LogP contribution is -2.33. The summed E-state index contributed by atoms with van der Waals surface area (Å²) in [5, 5.41) is 10.6. The van der Waals surface area contributed by atoms with Gasteiger partial charge in [0.25, 0.3) is 0 Å². The number of carbonyl (C=O) groups is 1. The Kier molecular flexibility index (Phi) is 2.94. The van der Waals surface area contributed by atoms with Crippen LogP contribution in [0.1, 0.15) is 26.2 Å². The van der Waals surface area contributed by atoms with Crippen molar-refractivity contribution in [3.63, 3.8) is 0 Å². The van der Waals surface area contributed by atoms with Gasteiger partial charge in [-0.1, -0.05) is 0 Å². The average molecular weight is 335 g/mol. The molecule has 5 rings (SSSR count). The lowest BCUT2D eigenvalue weighted by molar-refractivity contribution is -0.126. The minimum Gasteiger partial charge on any atom is -0.493 e. The molecule has 126 valence electrons. The van der Waals surface area contributed by atoms with E-state index in [-0.39, 0.29) is 5.91 Å². The number of allylic oxidation sites excluding steroid dienone is 6. The van der Waals surface area contributed by atoms with Crippen LogP contribution in [0.25, 0.3) is 0 Å². The molecule has 0 saturated carbocycles. The molecule has 2 saturated heterocycles. The Morgan fingerprint density at radius 1 is 1.28 bits per heavy atom. The summed E-state index contributed by atoms with van der Waals surface area (Å²) in [6.45, 7) is 3.52. The quantitative estimate of drug-likeness (QED) is 0.690. The van der Waals surface area contributed by atoms with Crippen LogP contribution < -0.4 is 0 Å². The molecule has 6 heteroatoms. The number of likely N-dealkylation sites (tertiary alicyclic amines) is 1. The van der Waals surface area contributed by atoms with Crippen molar-refractivity contribution in [2.24, 2.45) is 4.99 Å². The van der Waals surface area contributed by atoms with Gasteiger partial charge in [0.05, 0.1) is 17.8 Å². The lowest BCUT2D eigenvalue weighted by atomic mass is 9.95. The topological polar surface area (TPSA) is 59.4 Å². The van der Waals surface area contributed by atoms with E-state index in [4.69, 9.17) is 4.99 Å². The van der Waals surface area contributed by atoms with Gasteiger partial charge in [0.15, 0.2) is 0 Å². The maximum Gasteiger partial charge on any atom is 0.226 e. The normalized spacial score (nSPS) is 24.0. The second-order valence-corrected chi connectivity index (χ2v) is 6.76. The molecule has 0 aromatic rings. The Balaban J connectivity index is 1.67. The minimum absolute atomic E-state index is 0.0136. The molecule has 0 bridgehead atoms. The third-order valence-electron chi connectivity index (χ3n) is 5.40. The number of hydrogen-bond donors (Lipinski definition) is 1. The van der Waals surface area contributed by atoms with E-state index >= 15 is 0 Å². The Labute approximate surface area is 146 Å².